The Bertz CT molecular complexity index is 288. The van der Waals surface area contributed by atoms with E-state index in [1.165, 1.54) is 0 Å². The molecule has 1 aliphatic heterocycles. The van der Waals surface area contributed by atoms with Crippen LogP contribution in [0.5, 0.6) is 0 Å². The van der Waals surface area contributed by atoms with E-state index in [4.69, 9.17) is 5.26 Å². The fraction of sp³-hybridized carbons (Fsp3) is 0.818. The van der Waals surface area contributed by atoms with Crippen molar-refractivity contribution in [2.24, 2.45) is 11.3 Å². The van der Waals surface area contributed by atoms with Crippen LogP contribution >= 0.6 is 0 Å². The van der Waals surface area contributed by atoms with Gasteiger partial charge in [-0.1, -0.05) is 0 Å². The maximum absolute atomic E-state index is 12.0. The first kappa shape index (κ1) is 9.67. The minimum atomic E-state index is -0.567. The number of Topliss-reactive ketones (excluding diaryl/α,β-unsaturated/α-hetero) is 1. The molecule has 1 saturated carbocycles. The summed E-state index contributed by atoms with van der Waals surface area (Å²) in [5.41, 5.74) is -0.567. The van der Waals surface area contributed by atoms with Gasteiger partial charge in [-0.25, -0.2) is 0 Å². The summed E-state index contributed by atoms with van der Waals surface area (Å²) in [5, 5.41) is 8.94. The summed E-state index contributed by atoms with van der Waals surface area (Å²) >= 11 is 0. The SMILES string of the molecule is CN1CCCC(C(=O)C2(C#N)CC2)C1. The summed E-state index contributed by atoms with van der Waals surface area (Å²) in [5.74, 6) is 0.336. The normalized spacial score (nSPS) is 30.7. The van der Waals surface area contributed by atoms with Gasteiger partial charge in [-0.05, 0) is 39.3 Å². The highest BCUT2D eigenvalue weighted by Gasteiger charge is 2.52. The lowest BCUT2D eigenvalue weighted by atomic mass is 9.86. The Morgan fingerprint density at radius 1 is 1.57 bits per heavy atom. The molecule has 2 rings (SSSR count). The molecule has 1 atom stereocenters. The predicted molar refractivity (Wildman–Crippen MR) is 52.5 cm³/mol. The molecule has 3 heteroatoms. The van der Waals surface area contributed by atoms with Crippen molar-refractivity contribution in [1.82, 2.24) is 4.90 Å². The number of hydrogen-bond acceptors (Lipinski definition) is 3. The van der Waals surface area contributed by atoms with Gasteiger partial charge in [-0.15, -0.1) is 0 Å². The molecule has 1 heterocycles. The molecule has 0 radical (unpaired) electrons. The molecule has 2 aliphatic rings. The third-order valence-electron chi connectivity index (χ3n) is 3.43. The lowest BCUT2D eigenvalue weighted by molar-refractivity contribution is -0.127. The van der Waals surface area contributed by atoms with Gasteiger partial charge in [0.15, 0.2) is 5.78 Å². The van der Waals surface area contributed by atoms with Crippen LogP contribution < -0.4 is 0 Å². The summed E-state index contributed by atoms with van der Waals surface area (Å²) in [6.45, 7) is 1.94. The van der Waals surface area contributed by atoms with Crippen LogP contribution in [0.2, 0.25) is 0 Å². The van der Waals surface area contributed by atoms with Crippen LogP contribution in [0.15, 0.2) is 0 Å². The summed E-state index contributed by atoms with van der Waals surface area (Å²) in [4.78, 5) is 14.2. The molecule has 1 saturated heterocycles. The second-order valence-electron chi connectivity index (χ2n) is 4.66. The van der Waals surface area contributed by atoms with Crippen LogP contribution in [-0.2, 0) is 4.79 Å². The van der Waals surface area contributed by atoms with E-state index in [1.807, 2.05) is 7.05 Å². The summed E-state index contributed by atoms with van der Waals surface area (Å²) in [6, 6.07) is 2.20. The van der Waals surface area contributed by atoms with E-state index in [0.717, 1.165) is 38.8 Å². The van der Waals surface area contributed by atoms with Crippen molar-refractivity contribution in [2.75, 3.05) is 20.1 Å². The van der Waals surface area contributed by atoms with Crippen molar-refractivity contribution in [1.29, 1.82) is 5.26 Å². The number of hydrogen-bond donors (Lipinski definition) is 0. The molecule has 0 spiro atoms. The molecule has 0 amide bonds. The first-order chi connectivity index (χ1) is 6.68. The van der Waals surface area contributed by atoms with Gasteiger partial charge in [0.2, 0.25) is 0 Å². The first-order valence-corrected chi connectivity index (χ1v) is 5.32. The van der Waals surface area contributed by atoms with Crippen LogP contribution in [0.1, 0.15) is 25.7 Å². The molecular formula is C11H16N2O. The van der Waals surface area contributed by atoms with E-state index >= 15 is 0 Å². The lowest BCUT2D eigenvalue weighted by Gasteiger charge is -2.29. The van der Waals surface area contributed by atoms with E-state index in [1.54, 1.807) is 0 Å². The van der Waals surface area contributed by atoms with Crippen molar-refractivity contribution in [2.45, 2.75) is 25.7 Å². The van der Waals surface area contributed by atoms with Crippen LogP contribution in [0, 0.1) is 22.7 Å². The lowest BCUT2D eigenvalue weighted by Crippen LogP contribution is -2.38. The number of piperidine rings is 1. The Kier molecular flexibility index (Phi) is 2.32. The molecule has 1 unspecified atom stereocenters. The molecule has 0 N–H and O–H groups in total. The highest BCUT2D eigenvalue weighted by Crippen LogP contribution is 2.48. The number of carbonyl (C=O) groups is 1. The minimum absolute atomic E-state index is 0.121. The molecule has 3 nitrogen and oxygen atoms in total. The molecule has 0 aromatic rings. The zero-order valence-electron chi connectivity index (χ0n) is 8.62. The first-order valence-electron chi connectivity index (χ1n) is 5.32. The Morgan fingerprint density at radius 2 is 2.29 bits per heavy atom. The van der Waals surface area contributed by atoms with Crippen LogP contribution in [-0.4, -0.2) is 30.8 Å². The van der Waals surface area contributed by atoms with Gasteiger partial charge in [0.05, 0.1) is 6.07 Å². The summed E-state index contributed by atoms with van der Waals surface area (Å²) < 4.78 is 0. The van der Waals surface area contributed by atoms with Crippen LogP contribution in [0.25, 0.3) is 0 Å². The molecule has 14 heavy (non-hydrogen) atoms. The highest BCUT2D eigenvalue weighted by molar-refractivity contribution is 5.92. The number of rotatable bonds is 2. The topological polar surface area (TPSA) is 44.1 Å². The Hall–Kier alpha value is -0.880. The second-order valence-corrected chi connectivity index (χ2v) is 4.66. The van der Waals surface area contributed by atoms with Crippen LogP contribution in [0.3, 0.4) is 0 Å². The standard InChI is InChI=1S/C11H16N2O/c1-13-6-2-3-9(7-13)10(14)11(8-12)4-5-11/h9H,2-7H2,1H3. The van der Waals surface area contributed by atoms with E-state index in [0.29, 0.717) is 0 Å². The van der Waals surface area contributed by atoms with E-state index < -0.39 is 5.41 Å². The van der Waals surface area contributed by atoms with Gasteiger partial charge < -0.3 is 4.90 Å². The predicted octanol–water partition coefficient (Wildman–Crippen LogP) is 1.20. The molecule has 0 aromatic carbocycles. The summed E-state index contributed by atoms with van der Waals surface area (Å²) in [6.07, 6.45) is 3.66. The largest absolute Gasteiger partial charge is 0.306 e. The molecule has 0 bridgehead atoms. The quantitative estimate of drug-likeness (QED) is 0.660. The fourth-order valence-electron chi connectivity index (χ4n) is 2.31. The van der Waals surface area contributed by atoms with E-state index in [9.17, 15) is 4.79 Å². The molecular weight excluding hydrogens is 176 g/mol. The van der Waals surface area contributed by atoms with Gasteiger partial charge >= 0.3 is 0 Å². The average Bonchev–Trinajstić information content (AvgIpc) is 2.97. The molecule has 2 fully saturated rings. The number of likely N-dealkylation sites (tertiary alicyclic amines) is 1. The van der Waals surface area contributed by atoms with Crippen molar-refractivity contribution in [3.05, 3.63) is 0 Å². The number of carbonyl (C=O) groups excluding carboxylic acids is 1. The number of ketones is 1. The zero-order chi connectivity index (χ0) is 10.2. The highest BCUT2D eigenvalue weighted by atomic mass is 16.1. The van der Waals surface area contributed by atoms with Gasteiger partial charge in [-0.3, -0.25) is 4.79 Å². The van der Waals surface area contributed by atoms with Crippen molar-refractivity contribution in [3.63, 3.8) is 0 Å². The maximum Gasteiger partial charge on any atom is 0.157 e. The summed E-state index contributed by atoms with van der Waals surface area (Å²) in [7, 11) is 2.05. The molecule has 1 aliphatic carbocycles. The number of nitrogens with zero attached hydrogens (tertiary/aromatic N) is 2. The van der Waals surface area contributed by atoms with Crippen LogP contribution in [0.4, 0.5) is 0 Å². The minimum Gasteiger partial charge on any atom is -0.306 e. The average molecular weight is 192 g/mol. The molecule has 76 valence electrons. The van der Waals surface area contributed by atoms with Crippen molar-refractivity contribution >= 4 is 5.78 Å². The van der Waals surface area contributed by atoms with Gasteiger partial charge in [0, 0.05) is 12.5 Å². The van der Waals surface area contributed by atoms with Gasteiger partial charge in [-0.2, -0.15) is 5.26 Å². The number of nitriles is 1. The zero-order valence-corrected chi connectivity index (χ0v) is 8.62. The Labute approximate surface area is 84.7 Å². The van der Waals surface area contributed by atoms with Gasteiger partial charge in [0.25, 0.3) is 0 Å². The fourth-order valence-corrected chi connectivity index (χ4v) is 2.31. The second kappa shape index (κ2) is 3.36. The third kappa shape index (κ3) is 1.55. The van der Waals surface area contributed by atoms with E-state index in [-0.39, 0.29) is 11.7 Å². The van der Waals surface area contributed by atoms with Crippen molar-refractivity contribution in [3.8, 4) is 6.07 Å². The molecule has 0 aromatic heterocycles. The monoisotopic (exact) mass is 192 g/mol. The Morgan fingerprint density at radius 3 is 2.79 bits per heavy atom. The van der Waals surface area contributed by atoms with Gasteiger partial charge in [0.1, 0.15) is 5.41 Å². The Balaban J connectivity index is 2.01. The maximum atomic E-state index is 12.0. The third-order valence-corrected chi connectivity index (χ3v) is 3.43. The smallest absolute Gasteiger partial charge is 0.157 e. The van der Waals surface area contributed by atoms with Crippen molar-refractivity contribution < 1.29 is 4.79 Å². The van der Waals surface area contributed by atoms with E-state index in [2.05, 4.69) is 11.0 Å².